The van der Waals surface area contributed by atoms with Gasteiger partial charge in [0, 0.05) is 30.4 Å². The Kier molecular flexibility index (Phi) is 7.25. The van der Waals surface area contributed by atoms with Crippen molar-refractivity contribution in [3.05, 3.63) is 82.6 Å². The molecular weight excluding hydrogens is 481 g/mol. The number of carbonyl (C=O) groups is 1. The Hall–Kier alpha value is -3.59. The number of amidine groups is 1. The lowest BCUT2D eigenvalue weighted by atomic mass is 10.1. The normalized spacial score (nSPS) is 15.3. The molecule has 2 N–H and O–H groups in total. The third kappa shape index (κ3) is 6.51. The number of pyridine rings is 1. The van der Waals surface area contributed by atoms with Gasteiger partial charge in [-0.15, -0.1) is 0 Å². The number of hydrogen-bond donors (Lipinski definition) is 2. The van der Waals surface area contributed by atoms with Crippen LogP contribution in [-0.2, 0) is 17.4 Å². The first-order valence-corrected chi connectivity index (χ1v) is 11.3. The van der Waals surface area contributed by atoms with Crippen LogP contribution in [0.25, 0.3) is 0 Å². The van der Waals surface area contributed by atoms with E-state index in [1.54, 1.807) is 24.4 Å². The van der Waals surface area contributed by atoms with Gasteiger partial charge in [0.1, 0.15) is 23.0 Å². The lowest BCUT2D eigenvalue weighted by molar-refractivity contribution is -0.137. The van der Waals surface area contributed by atoms with Crippen LogP contribution >= 0.6 is 11.6 Å². The zero-order chi connectivity index (χ0) is 25.0. The summed E-state index contributed by atoms with van der Waals surface area (Å²) < 4.78 is 45.0. The number of rotatable bonds is 7. The molecule has 0 fully saturated rings. The summed E-state index contributed by atoms with van der Waals surface area (Å²) in [6, 6.07) is 14.3. The molecule has 0 unspecified atom stereocenters. The van der Waals surface area contributed by atoms with E-state index in [0.29, 0.717) is 30.2 Å². The fourth-order valence-electron chi connectivity index (χ4n) is 3.51. The molecule has 1 aliphatic heterocycles. The zero-order valence-electron chi connectivity index (χ0n) is 18.7. The zero-order valence-corrected chi connectivity index (χ0v) is 19.5. The van der Waals surface area contributed by atoms with Gasteiger partial charge < -0.3 is 15.4 Å². The summed E-state index contributed by atoms with van der Waals surface area (Å²) >= 11 is 5.62. The van der Waals surface area contributed by atoms with Gasteiger partial charge >= 0.3 is 6.18 Å². The first-order chi connectivity index (χ1) is 16.7. The number of benzene rings is 2. The summed E-state index contributed by atoms with van der Waals surface area (Å²) in [5.41, 5.74) is 0.574. The lowest BCUT2D eigenvalue weighted by Gasteiger charge is -2.12. The van der Waals surface area contributed by atoms with E-state index in [0.717, 1.165) is 23.5 Å². The number of nitrogens with one attached hydrogen (secondary N) is 2. The first kappa shape index (κ1) is 24.5. The summed E-state index contributed by atoms with van der Waals surface area (Å²) in [5.74, 6) is 1.50. The SMILES string of the molecule is C[C@@H]1CN=C(c2cc(Oc3cccc(CCC(=O)Nc4ccc(Cl)c(C(F)(F)F)c4)c3)ccn2)N1. The minimum atomic E-state index is -4.60. The molecule has 1 aromatic heterocycles. The number of aliphatic imine (C=N–C) groups is 1. The third-order valence-electron chi connectivity index (χ3n) is 5.21. The molecule has 0 aliphatic carbocycles. The van der Waals surface area contributed by atoms with E-state index in [2.05, 4.69) is 20.6 Å². The Labute approximate surface area is 205 Å². The molecule has 1 aliphatic rings. The molecule has 4 rings (SSSR count). The molecule has 0 bridgehead atoms. The van der Waals surface area contributed by atoms with Crippen molar-refractivity contribution in [3.8, 4) is 11.5 Å². The van der Waals surface area contributed by atoms with E-state index >= 15 is 0 Å². The van der Waals surface area contributed by atoms with Crippen molar-refractivity contribution in [2.24, 2.45) is 4.99 Å². The van der Waals surface area contributed by atoms with Crippen LogP contribution in [0.2, 0.25) is 5.02 Å². The number of halogens is 4. The number of carbonyl (C=O) groups excluding carboxylic acids is 1. The van der Waals surface area contributed by atoms with Gasteiger partial charge in [-0.25, -0.2) is 0 Å². The van der Waals surface area contributed by atoms with Crippen molar-refractivity contribution in [1.29, 1.82) is 0 Å². The summed E-state index contributed by atoms with van der Waals surface area (Å²) in [6.45, 7) is 2.73. The van der Waals surface area contributed by atoms with Gasteiger partial charge in [0.15, 0.2) is 0 Å². The van der Waals surface area contributed by atoms with E-state index in [1.807, 2.05) is 25.1 Å². The van der Waals surface area contributed by atoms with Gasteiger partial charge in [0.05, 0.1) is 17.1 Å². The van der Waals surface area contributed by atoms with Crippen molar-refractivity contribution in [1.82, 2.24) is 10.3 Å². The average molecular weight is 503 g/mol. The second-order valence-corrected chi connectivity index (χ2v) is 8.51. The Morgan fingerprint density at radius 1 is 1.17 bits per heavy atom. The summed E-state index contributed by atoms with van der Waals surface area (Å²) in [5, 5.41) is 5.33. The quantitative estimate of drug-likeness (QED) is 0.424. The van der Waals surface area contributed by atoms with E-state index in [1.165, 1.54) is 6.07 Å². The highest BCUT2D eigenvalue weighted by Gasteiger charge is 2.33. The van der Waals surface area contributed by atoms with Crippen molar-refractivity contribution in [3.63, 3.8) is 0 Å². The summed E-state index contributed by atoms with van der Waals surface area (Å²) in [7, 11) is 0. The molecule has 0 radical (unpaired) electrons. The fraction of sp³-hybridized carbons (Fsp3) is 0.240. The molecule has 35 heavy (non-hydrogen) atoms. The standard InChI is InChI=1S/C25H22ClF3N4O2/c1-15-14-31-24(32-15)22-13-19(9-10-30-22)35-18-4-2-3-16(11-18)5-8-23(34)33-17-6-7-21(26)20(12-17)25(27,28)29/h2-4,6-7,9-13,15H,5,8,14H2,1H3,(H,31,32)(H,33,34)/t15-/m1/s1. The monoisotopic (exact) mass is 502 g/mol. The number of alkyl halides is 3. The van der Waals surface area contributed by atoms with Gasteiger partial charge in [-0.1, -0.05) is 23.7 Å². The van der Waals surface area contributed by atoms with E-state index in [9.17, 15) is 18.0 Å². The van der Waals surface area contributed by atoms with Crippen LogP contribution in [0.1, 0.15) is 30.2 Å². The molecule has 0 saturated carbocycles. The van der Waals surface area contributed by atoms with E-state index in [-0.39, 0.29) is 18.2 Å². The number of nitrogens with zero attached hydrogens (tertiary/aromatic N) is 2. The predicted molar refractivity (Wildman–Crippen MR) is 128 cm³/mol. The third-order valence-corrected chi connectivity index (χ3v) is 5.54. The minimum Gasteiger partial charge on any atom is -0.457 e. The Balaban J connectivity index is 1.36. The van der Waals surface area contributed by atoms with Crippen LogP contribution in [0.3, 0.4) is 0 Å². The summed E-state index contributed by atoms with van der Waals surface area (Å²) in [4.78, 5) is 21.1. The topological polar surface area (TPSA) is 75.6 Å². The van der Waals surface area contributed by atoms with Crippen molar-refractivity contribution in [2.45, 2.75) is 32.0 Å². The summed E-state index contributed by atoms with van der Waals surface area (Å²) in [6.07, 6.45) is -2.50. The molecule has 3 aromatic rings. The highest BCUT2D eigenvalue weighted by Crippen LogP contribution is 2.36. The number of aromatic nitrogens is 1. The van der Waals surface area contributed by atoms with Crippen LogP contribution in [0, 0.1) is 0 Å². The number of aryl methyl sites for hydroxylation is 1. The van der Waals surface area contributed by atoms with E-state index in [4.69, 9.17) is 16.3 Å². The van der Waals surface area contributed by atoms with Crippen LogP contribution in [-0.4, -0.2) is 29.3 Å². The highest BCUT2D eigenvalue weighted by atomic mass is 35.5. The maximum Gasteiger partial charge on any atom is 0.417 e. The maximum atomic E-state index is 13.0. The van der Waals surface area contributed by atoms with Gasteiger partial charge in [-0.3, -0.25) is 14.8 Å². The Bertz CT molecular complexity index is 1260. The molecule has 0 saturated heterocycles. The number of amides is 1. The first-order valence-electron chi connectivity index (χ1n) is 10.9. The Morgan fingerprint density at radius 2 is 1.97 bits per heavy atom. The van der Waals surface area contributed by atoms with Crippen molar-refractivity contribution < 1.29 is 22.7 Å². The molecule has 6 nitrogen and oxygen atoms in total. The molecule has 1 amide bonds. The molecule has 1 atom stereocenters. The van der Waals surface area contributed by atoms with Crippen molar-refractivity contribution in [2.75, 3.05) is 11.9 Å². The predicted octanol–water partition coefficient (Wildman–Crippen LogP) is 5.86. The van der Waals surface area contributed by atoms with Gasteiger partial charge in [-0.2, -0.15) is 13.2 Å². The molecule has 0 spiro atoms. The maximum absolute atomic E-state index is 13.0. The largest absolute Gasteiger partial charge is 0.457 e. The molecule has 2 heterocycles. The second-order valence-electron chi connectivity index (χ2n) is 8.10. The smallest absolute Gasteiger partial charge is 0.417 e. The van der Waals surface area contributed by atoms with Crippen LogP contribution in [0.5, 0.6) is 11.5 Å². The number of ether oxygens (including phenoxy) is 1. The lowest BCUT2D eigenvalue weighted by Crippen LogP contribution is -2.28. The van der Waals surface area contributed by atoms with Crippen LogP contribution < -0.4 is 15.4 Å². The van der Waals surface area contributed by atoms with E-state index < -0.39 is 22.7 Å². The molecule has 2 aromatic carbocycles. The fourth-order valence-corrected chi connectivity index (χ4v) is 3.74. The minimum absolute atomic E-state index is 0.0352. The molecule has 182 valence electrons. The van der Waals surface area contributed by atoms with Crippen LogP contribution in [0.4, 0.5) is 18.9 Å². The number of anilines is 1. The average Bonchev–Trinajstić information content (AvgIpc) is 3.25. The second kappa shape index (κ2) is 10.4. The Morgan fingerprint density at radius 3 is 2.71 bits per heavy atom. The van der Waals surface area contributed by atoms with Gasteiger partial charge in [0.25, 0.3) is 0 Å². The number of hydrogen-bond acceptors (Lipinski definition) is 5. The van der Waals surface area contributed by atoms with Gasteiger partial charge in [-0.05, 0) is 55.3 Å². The van der Waals surface area contributed by atoms with Crippen molar-refractivity contribution >= 4 is 29.0 Å². The van der Waals surface area contributed by atoms with Gasteiger partial charge in [0.2, 0.25) is 5.91 Å². The molecule has 10 heteroatoms. The molecular formula is C25H22ClF3N4O2. The highest BCUT2D eigenvalue weighted by molar-refractivity contribution is 6.31. The van der Waals surface area contributed by atoms with Crippen LogP contribution in [0.15, 0.2) is 65.8 Å².